The summed E-state index contributed by atoms with van der Waals surface area (Å²) in [4.78, 5) is 13.4. The van der Waals surface area contributed by atoms with Gasteiger partial charge in [-0.25, -0.2) is 4.39 Å². The molecule has 0 aliphatic carbocycles. The first-order valence-corrected chi connectivity index (χ1v) is 8.85. The minimum Gasteiger partial charge on any atom is -0.497 e. The maximum absolute atomic E-state index is 13.2. The summed E-state index contributed by atoms with van der Waals surface area (Å²) < 4.78 is 18.4. The lowest BCUT2D eigenvalue weighted by atomic mass is 9.89. The van der Waals surface area contributed by atoms with Crippen LogP contribution in [0.5, 0.6) is 5.75 Å². The van der Waals surface area contributed by atoms with Gasteiger partial charge in [0.1, 0.15) is 11.6 Å². The molecule has 126 valence electrons. The fourth-order valence-corrected chi connectivity index (χ4v) is 4.34. The van der Waals surface area contributed by atoms with Crippen molar-refractivity contribution in [3.05, 3.63) is 70.2 Å². The summed E-state index contributed by atoms with van der Waals surface area (Å²) in [6.07, 6.45) is 0.376. The first-order chi connectivity index (χ1) is 12.2. The molecule has 0 radical (unpaired) electrons. The molecule has 1 N–H and O–H groups in total. The normalized spacial score (nSPS) is 16.2. The molecule has 0 saturated heterocycles. The number of halogens is 1. The predicted octanol–water partition coefficient (Wildman–Crippen LogP) is 5.04. The fourth-order valence-electron chi connectivity index (χ4n) is 3.17. The Morgan fingerprint density at radius 1 is 1.12 bits per heavy atom. The number of ether oxygens (including phenoxy) is 1. The molecule has 0 fully saturated rings. The van der Waals surface area contributed by atoms with Gasteiger partial charge in [-0.15, -0.1) is 11.3 Å². The van der Waals surface area contributed by atoms with Crippen molar-refractivity contribution in [1.29, 1.82) is 0 Å². The molecule has 2 heterocycles. The summed E-state index contributed by atoms with van der Waals surface area (Å²) in [6.45, 7) is 0. The van der Waals surface area contributed by atoms with Crippen LogP contribution >= 0.6 is 11.3 Å². The van der Waals surface area contributed by atoms with Crippen molar-refractivity contribution in [1.82, 2.24) is 0 Å². The van der Waals surface area contributed by atoms with E-state index in [9.17, 15) is 9.18 Å². The maximum atomic E-state index is 13.2. The largest absolute Gasteiger partial charge is 0.497 e. The Hall–Kier alpha value is -2.66. The van der Waals surface area contributed by atoms with E-state index in [1.54, 1.807) is 30.6 Å². The molecule has 4 rings (SSSR count). The summed E-state index contributed by atoms with van der Waals surface area (Å²) >= 11 is 1.63. The van der Waals surface area contributed by atoms with Crippen LogP contribution in [-0.2, 0) is 4.79 Å². The number of thiophene rings is 1. The van der Waals surface area contributed by atoms with Gasteiger partial charge in [-0.2, -0.15) is 0 Å². The third-order valence-electron chi connectivity index (χ3n) is 4.46. The summed E-state index contributed by atoms with van der Waals surface area (Å²) in [5.41, 5.74) is 3.85. The molecular formula is C20H16FNO2S. The number of fused-ring (bicyclic) bond motifs is 1. The number of amides is 1. The maximum Gasteiger partial charge on any atom is 0.225 e. The van der Waals surface area contributed by atoms with E-state index in [4.69, 9.17) is 4.74 Å². The zero-order valence-electron chi connectivity index (χ0n) is 13.6. The summed E-state index contributed by atoms with van der Waals surface area (Å²) in [5, 5.41) is 5.08. The molecule has 0 spiro atoms. The van der Waals surface area contributed by atoms with Gasteiger partial charge < -0.3 is 10.1 Å². The Kier molecular flexibility index (Phi) is 4.01. The molecule has 3 aromatic rings. The molecule has 5 heteroatoms. The number of rotatable bonds is 3. The second kappa shape index (κ2) is 6.33. The molecule has 3 nitrogen and oxygen atoms in total. The van der Waals surface area contributed by atoms with Gasteiger partial charge in [-0.05, 0) is 35.4 Å². The van der Waals surface area contributed by atoms with Gasteiger partial charge in [0.05, 0.1) is 12.8 Å². The van der Waals surface area contributed by atoms with E-state index in [0.29, 0.717) is 6.42 Å². The minimum atomic E-state index is -0.269. The highest BCUT2D eigenvalue weighted by molar-refractivity contribution is 7.11. The van der Waals surface area contributed by atoms with Gasteiger partial charge in [-0.3, -0.25) is 4.79 Å². The lowest BCUT2D eigenvalue weighted by Gasteiger charge is -2.24. The predicted molar refractivity (Wildman–Crippen MR) is 97.8 cm³/mol. The molecule has 1 atom stereocenters. The molecular weight excluding hydrogens is 337 g/mol. The van der Waals surface area contributed by atoms with Crippen molar-refractivity contribution in [2.75, 3.05) is 12.4 Å². The molecule has 1 aliphatic heterocycles. The Labute approximate surface area is 149 Å². The lowest BCUT2D eigenvalue weighted by molar-refractivity contribution is -0.116. The van der Waals surface area contributed by atoms with Gasteiger partial charge in [0.2, 0.25) is 5.91 Å². The number of nitrogens with one attached hydrogen (secondary N) is 1. The molecule has 0 saturated carbocycles. The van der Waals surface area contributed by atoms with Gasteiger partial charge >= 0.3 is 0 Å². The van der Waals surface area contributed by atoms with E-state index in [-0.39, 0.29) is 17.6 Å². The average molecular weight is 353 g/mol. The van der Waals surface area contributed by atoms with E-state index < -0.39 is 0 Å². The SMILES string of the molecule is COc1ccc(-c2csc3c2NC(=O)CC3c2ccc(F)cc2)cc1. The van der Waals surface area contributed by atoms with E-state index in [1.165, 1.54) is 12.1 Å². The second-order valence-electron chi connectivity index (χ2n) is 5.97. The van der Waals surface area contributed by atoms with E-state index in [2.05, 4.69) is 10.7 Å². The van der Waals surface area contributed by atoms with Crippen LogP contribution in [0.25, 0.3) is 11.1 Å². The Morgan fingerprint density at radius 2 is 1.84 bits per heavy atom. The highest BCUT2D eigenvalue weighted by atomic mass is 32.1. The highest BCUT2D eigenvalue weighted by Crippen LogP contribution is 2.46. The van der Waals surface area contributed by atoms with Gasteiger partial charge in [-0.1, -0.05) is 24.3 Å². The minimum absolute atomic E-state index is 0.0185. The lowest BCUT2D eigenvalue weighted by Crippen LogP contribution is -2.22. The van der Waals surface area contributed by atoms with E-state index in [1.807, 2.05) is 24.3 Å². The van der Waals surface area contributed by atoms with Crippen molar-refractivity contribution in [3.63, 3.8) is 0 Å². The van der Waals surface area contributed by atoms with E-state index in [0.717, 1.165) is 33.0 Å². The smallest absolute Gasteiger partial charge is 0.225 e. The number of hydrogen-bond donors (Lipinski definition) is 1. The molecule has 1 amide bonds. The van der Waals surface area contributed by atoms with Crippen LogP contribution in [-0.4, -0.2) is 13.0 Å². The van der Waals surface area contributed by atoms with Gasteiger partial charge in [0.15, 0.2) is 0 Å². The number of carbonyl (C=O) groups is 1. The van der Waals surface area contributed by atoms with Crippen molar-refractivity contribution >= 4 is 22.9 Å². The standard InChI is InChI=1S/C20H16FNO2S/c1-24-15-8-4-13(5-9-15)17-11-25-20-16(10-18(23)22-19(17)20)12-2-6-14(21)7-3-12/h2-9,11,16H,10H2,1H3,(H,22,23). The van der Waals surface area contributed by atoms with Gasteiger partial charge in [0.25, 0.3) is 0 Å². The van der Waals surface area contributed by atoms with Crippen molar-refractivity contribution < 1.29 is 13.9 Å². The number of methoxy groups -OCH3 is 1. The molecule has 0 bridgehead atoms. The average Bonchev–Trinajstić information content (AvgIpc) is 3.05. The first kappa shape index (κ1) is 15.8. The van der Waals surface area contributed by atoms with Crippen LogP contribution in [0.3, 0.4) is 0 Å². The number of carbonyl (C=O) groups excluding carboxylic acids is 1. The first-order valence-electron chi connectivity index (χ1n) is 7.97. The molecule has 1 aliphatic rings. The molecule has 1 aromatic heterocycles. The second-order valence-corrected chi connectivity index (χ2v) is 6.88. The Bertz CT molecular complexity index is 916. The molecule has 1 unspecified atom stereocenters. The molecule has 2 aromatic carbocycles. The van der Waals surface area contributed by atoms with Crippen LogP contribution in [0.15, 0.2) is 53.9 Å². The van der Waals surface area contributed by atoms with Crippen LogP contribution in [0.1, 0.15) is 22.8 Å². The third-order valence-corrected chi connectivity index (χ3v) is 5.56. The Balaban J connectivity index is 1.76. The molecule has 25 heavy (non-hydrogen) atoms. The van der Waals surface area contributed by atoms with Crippen LogP contribution in [0, 0.1) is 5.82 Å². The van der Waals surface area contributed by atoms with Crippen molar-refractivity contribution in [3.8, 4) is 16.9 Å². The number of hydrogen-bond acceptors (Lipinski definition) is 3. The van der Waals surface area contributed by atoms with Crippen LogP contribution < -0.4 is 10.1 Å². The number of benzene rings is 2. The van der Waals surface area contributed by atoms with Crippen LogP contribution in [0.2, 0.25) is 0 Å². The third kappa shape index (κ3) is 2.91. The summed E-state index contributed by atoms with van der Waals surface area (Å²) in [6, 6.07) is 14.2. The van der Waals surface area contributed by atoms with Crippen LogP contribution in [0.4, 0.5) is 10.1 Å². The highest BCUT2D eigenvalue weighted by Gasteiger charge is 2.30. The number of anilines is 1. The van der Waals surface area contributed by atoms with Crippen molar-refractivity contribution in [2.45, 2.75) is 12.3 Å². The van der Waals surface area contributed by atoms with E-state index >= 15 is 0 Å². The Morgan fingerprint density at radius 3 is 2.52 bits per heavy atom. The quantitative estimate of drug-likeness (QED) is 0.717. The zero-order chi connectivity index (χ0) is 17.4. The summed E-state index contributed by atoms with van der Waals surface area (Å²) in [5.74, 6) is 0.465. The topological polar surface area (TPSA) is 38.3 Å². The monoisotopic (exact) mass is 353 g/mol. The van der Waals surface area contributed by atoms with Gasteiger partial charge in [0, 0.05) is 28.2 Å². The summed E-state index contributed by atoms with van der Waals surface area (Å²) in [7, 11) is 1.63. The van der Waals surface area contributed by atoms with Crippen molar-refractivity contribution in [2.24, 2.45) is 0 Å². The fraction of sp³-hybridized carbons (Fsp3) is 0.150. The zero-order valence-corrected chi connectivity index (χ0v) is 14.4.